The fourth-order valence-corrected chi connectivity index (χ4v) is 1.93. The lowest BCUT2D eigenvalue weighted by molar-refractivity contribution is -0.143. The molecule has 8 heteroatoms. The molecule has 0 spiro atoms. The standard InChI is InChI=1S/C18H16N2O6/c1-10(17(23)26-14-8-6-12(7-9-14)16(20)22)25-18(24)13-4-2-11(3-5-13)15(19)21/h2-10H,1H3,(H2,19,21)(H2,20,22). The van der Waals surface area contributed by atoms with E-state index in [1.165, 1.54) is 55.5 Å². The molecule has 0 radical (unpaired) electrons. The van der Waals surface area contributed by atoms with Crippen LogP contribution in [0, 0.1) is 0 Å². The molecule has 2 rings (SSSR count). The maximum Gasteiger partial charge on any atom is 0.352 e. The maximum absolute atomic E-state index is 12.0. The maximum atomic E-state index is 12.0. The topological polar surface area (TPSA) is 139 Å². The Morgan fingerprint density at radius 2 is 1.19 bits per heavy atom. The molecule has 0 aliphatic rings. The third kappa shape index (κ3) is 4.67. The molecule has 0 aliphatic carbocycles. The Kier molecular flexibility index (Phi) is 5.69. The second-order valence-electron chi connectivity index (χ2n) is 5.30. The smallest absolute Gasteiger partial charge is 0.352 e. The van der Waals surface area contributed by atoms with Crippen molar-refractivity contribution in [2.75, 3.05) is 0 Å². The van der Waals surface area contributed by atoms with Crippen LogP contribution in [0.25, 0.3) is 0 Å². The van der Waals surface area contributed by atoms with Gasteiger partial charge in [0.1, 0.15) is 5.75 Å². The van der Waals surface area contributed by atoms with Crippen molar-refractivity contribution in [2.24, 2.45) is 11.5 Å². The van der Waals surface area contributed by atoms with Crippen molar-refractivity contribution >= 4 is 23.8 Å². The minimum Gasteiger partial charge on any atom is -0.447 e. The van der Waals surface area contributed by atoms with Crippen LogP contribution in [0.3, 0.4) is 0 Å². The summed E-state index contributed by atoms with van der Waals surface area (Å²) in [6, 6.07) is 11.1. The Hall–Kier alpha value is -3.68. The number of carbonyl (C=O) groups excluding carboxylic acids is 4. The van der Waals surface area contributed by atoms with Gasteiger partial charge in [0, 0.05) is 11.1 Å². The number of ether oxygens (including phenoxy) is 2. The van der Waals surface area contributed by atoms with Crippen LogP contribution in [0.2, 0.25) is 0 Å². The van der Waals surface area contributed by atoms with Crippen molar-refractivity contribution in [3.05, 3.63) is 65.2 Å². The summed E-state index contributed by atoms with van der Waals surface area (Å²) in [5.41, 5.74) is 10.9. The van der Waals surface area contributed by atoms with E-state index in [1.54, 1.807) is 0 Å². The third-order valence-electron chi connectivity index (χ3n) is 3.38. The van der Waals surface area contributed by atoms with Gasteiger partial charge in [-0.25, -0.2) is 9.59 Å². The van der Waals surface area contributed by atoms with Gasteiger partial charge in [-0.05, 0) is 55.5 Å². The van der Waals surface area contributed by atoms with Crippen LogP contribution < -0.4 is 16.2 Å². The fraction of sp³-hybridized carbons (Fsp3) is 0.111. The largest absolute Gasteiger partial charge is 0.447 e. The monoisotopic (exact) mass is 356 g/mol. The molecule has 2 aromatic rings. The molecule has 1 atom stereocenters. The lowest BCUT2D eigenvalue weighted by atomic mass is 10.1. The van der Waals surface area contributed by atoms with Gasteiger partial charge in [-0.3, -0.25) is 9.59 Å². The van der Waals surface area contributed by atoms with Crippen molar-refractivity contribution in [3.63, 3.8) is 0 Å². The number of carbonyl (C=O) groups is 4. The average Bonchev–Trinajstić information content (AvgIpc) is 2.62. The number of primary amides is 2. The van der Waals surface area contributed by atoms with E-state index in [2.05, 4.69) is 0 Å². The molecule has 26 heavy (non-hydrogen) atoms. The summed E-state index contributed by atoms with van der Waals surface area (Å²) in [5, 5.41) is 0. The molecule has 2 amide bonds. The van der Waals surface area contributed by atoms with E-state index in [4.69, 9.17) is 20.9 Å². The van der Waals surface area contributed by atoms with E-state index in [0.29, 0.717) is 0 Å². The lowest BCUT2D eigenvalue weighted by Crippen LogP contribution is -2.28. The van der Waals surface area contributed by atoms with Crippen molar-refractivity contribution in [2.45, 2.75) is 13.0 Å². The zero-order valence-corrected chi connectivity index (χ0v) is 13.8. The summed E-state index contributed by atoms with van der Waals surface area (Å²) in [6.07, 6.45) is -1.17. The van der Waals surface area contributed by atoms with E-state index in [1.807, 2.05) is 0 Å². The molecule has 0 heterocycles. The van der Waals surface area contributed by atoms with Crippen LogP contribution in [0.15, 0.2) is 48.5 Å². The van der Waals surface area contributed by atoms with Gasteiger partial charge in [-0.2, -0.15) is 0 Å². The molecule has 134 valence electrons. The number of amides is 2. The molecule has 0 bridgehead atoms. The zero-order chi connectivity index (χ0) is 19.3. The van der Waals surface area contributed by atoms with Crippen molar-refractivity contribution in [3.8, 4) is 5.75 Å². The Morgan fingerprint density at radius 1 is 0.769 bits per heavy atom. The minimum absolute atomic E-state index is 0.153. The summed E-state index contributed by atoms with van der Waals surface area (Å²) in [7, 11) is 0. The average molecular weight is 356 g/mol. The summed E-state index contributed by atoms with van der Waals surface area (Å²) < 4.78 is 10.1. The fourth-order valence-electron chi connectivity index (χ4n) is 1.93. The Morgan fingerprint density at radius 3 is 1.65 bits per heavy atom. The number of hydrogen-bond acceptors (Lipinski definition) is 6. The molecular formula is C18H16N2O6. The molecule has 8 nitrogen and oxygen atoms in total. The van der Waals surface area contributed by atoms with Crippen molar-refractivity contribution < 1.29 is 28.7 Å². The molecular weight excluding hydrogens is 340 g/mol. The molecule has 0 saturated heterocycles. The number of esters is 2. The van der Waals surface area contributed by atoms with Crippen LogP contribution in [0.1, 0.15) is 38.0 Å². The zero-order valence-electron chi connectivity index (χ0n) is 13.8. The highest BCUT2D eigenvalue weighted by atomic mass is 16.6. The number of benzene rings is 2. The molecule has 0 saturated carbocycles. The van der Waals surface area contributed by atoms with Gasteiger partial charge in [0.25, 0.3) is 0 Å². The van der Waals surface area contributed by atoms with Crippen LogP contribution in [0.4, 0.5) is 0 Å². The van der Waals surface area contributed by atoms with Crippen LogP contribution >= 0.6 is 0 Å². The van der Waals surface area contributed by atoms with Gasteiger partial charge >= 0.3 is 11.9 Å². The van der Waals surface area contributed by atoms with Gasteiger partial charge in [-0.15, -0.1) is 0 Å². The Balaban J connectivity index is 1.96. The third-order valence-corrected chi connectivity index (χ3v) is 3.38. The van der Waals surface area contributed by atoms with Gasteiger partial charge in [-0.1, -0.05) is 0 Å². The highest BCUT2D eigenvalue weighted by Crippen LogP contribution is 2.14. The Bertz CT molecular complexity index is 843. The minimum atomic E-state index is -1.17. The number of nitrogens with two attached hydrogens (primary N) is 2. The van der Waals surface area contributed by atoms with E-state index in [-0.39, 0.29) is 22.4 Å². The number of hydrogen-bond donors (Lipinski definition) is 2. The summed E-state index contributed by atoms with van der Waals surface area (Å²) >= 11 is 0. The van der Waals surface area contributed by atoms with Crippen LogP contribution in [0.5, 0.6) is 5.75 Å². The molecule has 0 aliphatic heterocycles. The SMILES string of the molecule is CC(OC(=O)c1ccc(C(N)=O)cc1)C(=O)Oc1ccc(C(N)=O)cc1. The summed E-state index contributed by atoms with van der Waals surface area (Å²) in [4.78, 5) is 46.0. The van der Waals surface area contributed by atoms with E-state index in [9.17, 15) is 19.2 Å². The highest BCUT2D eigenvalue weighted by molar-refractivity contribution is 5.96. The first-order valence-electron chi connectivity index (χ1n) is 7.50. The van der Waals surface area contributed by atoms with Gasteiger partial charge in [0.05, 0.1) is 5.56 Å². The number of rotatable bonds is 6. The van der Waals surface area contributed by atoms with Crippen molar-refractivity contribution in [1.82, 2.24) is 0 Å². The predicted octanol–water partition coefficient (Wildman–Crippen LogP) is 1.04. The van der Waals surface area contributed by atoms with E-state index in [0.717, 1.165) is 0 Å². The van der Waals surface area contributed by atoms with E-state index >= 15 is 0 Å². The van der Waals surface area contributed by atoms with Crippen LogP contribution in [-0.2, 0) is 9.53 Å². The molecule has 0 fully saturated rings. The molecule has 0 aromatic heterocycles. The van der Waals surface area contributed by atoms with E-state index < -0.39 is 29.9 Å². The first-order valence-corrected chi connectivity index (χ1v) is 7.50. The van der Waals surface area contributed by atoms with Crippen molar-refractivity contribution in [1.29, 1.82) is 0 Å². The summed E-state index contributed by atoms with van der Waals surface area (Å²) in [5.74, 6) is -2.60. The molecule has 2 aromatic carbocycles. The second kappa shape index (κ2) is 7.93. The first kappa shape index (κ1) is 18.7. The van der Waals surface area contributed by atoms with Gasteiger partial charge in [0.15, 0.2) is 6.10 Å². The molecule has 1 unspecified atom stereocenters. The highest BCUT2D eigenvalue weighted by Gasteiger charge is 2.21. The predicted molar refractivity (Wildman–Crippen MR) is 90.4 cm³/mol. The summed E-state index contributed by atoms with van der Waals surface area (Å²) in [6.45, 7) is 1.36. The van der Waals surface area contributed by atoms with Gasteiger partial charge in [0.2, 0.25) is 11.8 Å². The van der Waals surface area contributed by atoms with Crippen LogP contribution in [-0.4, -0.2) is 29.9 Å². The molecule has 4 N–H and O–H groups in total. The quantitative estimate of drug-likeness (QED) is 0.585. The lowest BCUT2D eigenvalue weighted by Gasteiger charge is -2.13. The Labute approximate surface area is 148 Å². The normalized spacial score (nSPS) is 11.3. The second-order valence-corrected chi connectivity index (χ2v) is 5.30. The van der Waals surface area contributed by atoms with Gasteiger partial charge < -0.3 is 20.9 Å². The first-order chi connectivity index (χ1) is 12.3.